The SMILES string of the molecule is Cc1cc(Nc2cc(C(F)(F)F)ccn2)nc(/C(N)=C/N(N)C2CCC(C(=O)O)C(C)(C)C2)c1. The van der Waals surface area contributed by atoms with Gasteiger partial charge in [0.05, 0.1) is 22.9 Å². The summed E-state index contributed by atoms with van der Waals surface area (Å²) in [6.45, 7) is 5.64. The molecule has 8 nitrogen and oxygen atoms in total. The van der Waals surface area contributed by atoms with Gasteiger partial charge >= 0.3 is 12.1 Å². The third kappa shape index (κ3) is 5.96. The van der Waals surface area contributed by atoms with Crippen LogP contribution in [0.5, 0.6) is 0 Å². The van der Waals surface area contributed by atoms with Gasteiger partial charge in [0, 0.05) is 18.4 Å². The van der Waals surface area contributed by atoms with Crippen LogP contribution in [0.1, 0.15) is 49.9 Å². The summed E-state index contributed by atoms with van der Waals surface area (Å²) in [7, 11) is 0. The van der Waals surface area contributed by atoms with Crippen molar-refractivity contribution in [1.82, 2.24) is 15.0 Å². The minimum Gasteiger partial charge on any atom is -0.481 e. The molecular formula is C23H29F3N6O2. The van der Waals surface area contributed by atoms with Crippen molar-refractivity contribution in [3.05, 3.63) is 53.5 Å². The number of hydrazine groups is 1. The fourth-order valence-electron chi connectivity index (χ4n) is 4.33. The summed E-state index contributed by atoms with van der Waals surface area (Å²) >= 11 is 0. The number of aromatic nitrogens is 2. The van der Waals surface area contributed by atoms with Crippen molar-refractivity contribution in [2.45, 2.75) is 52.3 Å². The average molecular weight is 479 g/mol. The molecule has 184 valence electrons. The topological polar surface area (TPSA) is 130 Å². The molecule has 1 aliphatic carbocycles. The molecule has 2 aromatic heterocycles. The largest absolute Gasteiger partial charge is 0.481 e. The van der Waals surface area contributed by atoms with E-state index < -0.39 is 29.0 Å². The Morgan fingerprint density at radius 3 is 2.59 bits per heavy atom. The number of anilines is 2. The van der Waals surface area contributed by atoms with Gasteiger partial charge in [-0.25, -0.2) is 15.8 Å². The van der Waals surface area contributed by atoms with Crippen LogP contribution in [0.2, 0.25) is 0 Å². The molecule has 2 heterocycles. The molecule has 2 aromatic rings. The highest BCUT2D eigenvalue weighted by atomic mass is 19.4. The van der Waals surface area contributed by atoms with E-state index in [1.807, 2.05) is 13.8 Å². The number of alkyl halides is 3. The maximum Gasteiger partial charge on any atom is 0.416 e. The highest BCUT2D eigenvalue weighted by Gasteiger charge is 2.42. The molecular weight excluding hydrogens is 449 g/mol. The first-order chi connectivity index (χ1) is 15.8. The first kappa shape index (κ1) is 25.3. The summed E-state index contributed by atoms with van der Waals surface area (Å²) < 4.78 is 39.0. The Morgan fingerprint density at radius 1 is 1.26 bits per heavy atom. The zero-order valence-corrected chi connectivity index (χ0v) is 19.2. The summed E-state index contributed by atoms with van der Waals surface area (Å²) in [5.41, 5.74) is 6.44. The first-order valence-corrected chi connectivity index (χ1v) is 10.8. The minimum absolute atomic E-state index is 0.000649. The third-order valence-electron chi connectivity index (χ3n) is 6.11. The van der Waals surface area contributed by atoms with Crippen molar-refractivity contribution in [2.75, 3.05) is 5.32 Å². The molecule has 11 heteroatoms. The molecule has 34 heavy (non-hydrogen) atoms. The van der Waals surface area contributed by atoms with Crippen molar-refractivity contribution in [3.8, 4) is 0 Å². The number of pyridine rings is 2. The first-order valence-electron chi connectivity index (χ1n) is 10.8. The Hall–Kier alpha value is -3.34. The number of halogens is 3. The van der Waals surface area contributed by atoms with Gasteiger partial charge in [-0.1, -0.05) is 13.8 Å². The maximum atomic E-state index is 13.0. The Morgan fingerprint density at radius 2 is 1.97 bits per heavy atom. The van der Waals surface area contributed by atoms with E-state index in [2.05, 4.69) is 15.3 Å². The number of carboxylic acids is 1. The standard InChI is InChI=1S/C23H29F3N6O2/c1-13-8-18(30-20(9-13)31-19-10-14(6-7-29-19)23(24,25)26)17(27)12-32(28)15-4-5-16(21(33)34)22(2,3)11-15/h6-10,12,15-16H,4-5,11,27-28H2,1-3H3,(H,33,34)(H,29,30,31)/b17-12-. The van der Waals surface area contributed by atoms with Crippen LogP contribution in [0.4, 0.5) is 24.8 Å². The van der Waals surface area contributed by atoms with Gasteiger partial charge < -0.3 is 21.2 Å². The van der Waals surface area contributed by atoms with Gasteiger partial charge in [0.15, 0.2) is 0 Å². The molecule has 1 fully saturated rings. The number of hydrogen-bond acceptors (Lipinski definition) is 7. The lowest BCUT2D eigenvalue weighted by molar-refractivity contribution is -0.148. The van der Waals surface area contributed by atoms with Crippen LogP contribution < -0.4 is 16.9 Å². The third-order valence-corrected chi connectivity index (χ3v) is 6.11. The fraction of sp³-hybridized carbons (Fsp3) is 0.435. The van der Waals surface area contributed by atoms with E-state index >= 15 is 0 Å². The molecule has 2 atom stereocenters. The predicted octanol–water partition coefficient (Wildman–Crippen LogP) is 4.26. The second kappa shape index (κ2) is 9.49. The molecule has 0 radical (unpaired) electrons. The number of hydrogen-bond donors (Lipinski definition) is 4. The number of carboxylic acid groups (broad SMARTS) is 1. The molecule has 2 unspecified atom stereocenters. The monoisotopic (exact) mass is 478 g/mol. The van der Waals surface area contributed by atoms with E-state index in [1.165, 1.54) is 5.01 Å². The summed E-state index contributed by atoms with van der Waals surface area (Å²) in [5.74, 6) is 5.30. The summed E-state index contributed by atoms with van der Waals surface area (Å²) in [6.07, 6.45) is -0.163. The van der Waals surface area contributed by atoms with Crippen LogP contribution in [0.3, 0.4) is 0 Å². The van der Waals surface area contributed by atoms with E-state index in [0.717, 1.165) is 23.9 Å². The highest BCUT2D eigenvalue weighted by Crippen LogP contribution is 2.42. The van der Waals surface area contributed by atoms with Gasteiger partial charge in [0.25, 0.3) is 0 Å². The minimum atomic E-state index is -4.49. The summed E-state index contributed by atoms with van der Waals surface area (Å²) in [5, 5.41) is 13.7. The Bertz CT molecular complexity index is 1090. The van der Waals surface area contributed by atoms with Gasteiger partial charge in [-0.2, -0.15) is 13.2 Å². The molecule has 0 amide bonds. The highest BCUT2D eigenvalue weighted by molar-refractivity contribution is 5.71. The fourth-order valence-corrected chi connectivity index (χ4v) is 4.33. The Labute approximate surface area is 195 Å². The molecule has 1 aliphatic rings. The van der Waals surface area contributed by atoms with Crippen molar-refractivity contribution in [3.63, 3.8) is 0 Å². The molecule has 0 spiro atoms. The predicted molar refractivity (Wildman–Crippen MR) is 122 cm³/mol. The molecule has 0 aliphatic heterocycles. The van der Waals surface area contributed by atoms with Crippen LogP contribution in [0.25, 0.3) is 5.70 Å². The van der Waals surface area contributed by atoms with Gasteiger partial charge in [-0.3, -0.25) is 4.79 Å². The van der Waals surface area contributed by atoms with Crippen LogP contribution in [0.15, 0.2) is 36.7 Å². The number of carbonyl (C=O) groups is 1. The molecule has 6 N–H and O–H groups in total. The molecule has 0 saturated heterocycles. The molecule has 0 aromatic carbocycles. The van der Waals surface area contributed by atoms with Crippen LogP contribution in [-0.2, 0) is 11.0 Å². The zero-order valence-electron chi connectivity index (χ0n) is 19.2. The second-order valence-electron chi connectivity index (χ2n) is 9.31. The summed E-state index contributed by atoms with van der Waals surface area (Å²) in [4.78, 5) is 19.8. The normalized spacial score (nSPS) is 20.6. The van der Waals surface area contributed by atoms with E-state index in [-0.39, 0.29) is 23.4 Å². The lowest BCUT2D eigenvalue weighted by atomic mass is 9.67. The molecule has 1 saturated carbocycles. The van der Waals surface area contributed by atoms with E-state index in [9.17, 15) is 23.1 Å². The van der Waals surface area contributed by atoms with E-state index in [1.54, 1.807) is 25.3 Å². The van der Waals surface area contributed by atoms with Crippen molar-refractivity contribution >= 4 is 23.3 Å². The lowest BCUT2D eigenvalue weighted by Gasteiger charge is -2.42. The second-order valence-corrected chi connectivity index (χ2v) is 9.31. The van der Waals surface area contributed by atoms with E-state index in [0.29, 0.717) is 25.0 Å². The number of aliphatic carboxylic acids is 1. The van der Waals surface area contributed by atoms with Gasteiger partial charge in [-0.05, 0) is 61.4 Å². The number of aryl methyl sites for hydroxylation is 1. The zero-order chi connectivity index (χ0) is 25.3. The number of rotatable bonds is 6. The van der Waals surface area contributed by atoms with Gasteiger partial charge in [0.2, 0.25) is 0 Å². The van der Waals surface area contributed by atoms with Crippen LogP contribution in [-0.4, -0.2) is 32.1 Å². The van der Waals surface area contributed by atoms with Gasteiger partial charge in [-0.15, -0.1) is 0 Å². The Balaban J connectivity index is 1.78. The Kier molecular flexibility index (Phi) is 7.06. The molecule has 3 rings (SSSR count). The van der Waals surface area contributed by atoms with Crippen molar-refractivity contribution in [2.24, 2.45) is 22.9 Å². The summed E-state index contributed by atoms with van der Waals surface area (Å²) in [6, 6.07) is 5.09. The van der Waals surface area contributed by atoms with Crippen LogP contribution in [0, 0.1) is 18.3 Å². The molecule has 0 bridgehead atoms. The quantitative estimate of drug-likeness (QED) is 0.358. The van der Waals surface area contributed by atoms with E-state index in [4.69, 9.17) is 11.6 Å². The average Bonchev–Trinajstić information content (AvgIpc) is 2.71. The number of nitrogens with one attached hydrogen (secondary N) is 1. The van der Waals surface area contributed by atoms with Gasteiger partial charge in [0.1, 0.15) is 11.6 Å². The number of nitrogens with two attached hydrogens (primary N) is 2. The van der Waals surface area contributed by atoms with Crippen molar-refractivity contribution in [1.29, 1.82) is 0 Å². The number of nitrogens with zero attached hydrogens (tertiary/aromatic N) is 3. The smallest absolute Gasteiger partial charge is 0.416 e. The maximum absolute atomic E-state index is 13.0. The van der Waals surface area contributed by atoms with Crippen LogP contribution >= 0.6 is 0 Å². The lowest BCUT2D eigenvalue weighted by Crippen LogP contribution is -2.47. The van der Waals surface area contributed by atoms with Crippen molar-refractivity contribution < 1.29 is 23.1 Å².